The van der Waals surface area contributed by atoms with Gasteiger partial charge in [0.15, 0.2) is 11.5 Å². The molecule has 1 aliphatic rings. The molecule has 1 aliphatic heterocycles. The largest absolute Gasteiger partial charge is 0.492 e. The van der Waals surface area contributed by atoms with Crippen molar-refractivity contribution in [3.05, 3.63) is 76.9 Å². The van der Waals surface area contributed by atoms with Gasteiger partial charge in [0, 0.05) is 18.4 Å². The highest BCUT2D eigenvalue weighted by molar-refractivity contribution is 5.77. The molecule has 2 N–H and O–H groups in total. The van der Waals surface area contributed by atoms with Crippen molar-refractivity contribution in [2.75, 3.05) is 32.6 Å². The van der Waals surface area contributed by atoms with Crippen molar-refractivity contribution in [2.45, 2.75) is 31.9 Å². The first-order chi connectivity index (χ1) is 17.8. The second-order valence-corrected chi connectivity index (χ2v) is 9.60. The number of fused-ring (bicyclic) bond motifs is 6. The second-order valence-electron chi connectivity index (χ2n) is 9.60. The zero-order valence-electron chi connectivity index (χ0n) is 21.3. The summed E-state index contributed by atoms with van der Waals surface area (Å²) in [7, 11) is 4.01. The Hall–Kier alpha value is -4.02. The van der Waals surface area contributed by atoms with E-state index in [0.717, 1.165) is 18.0 Å². The van der Waals surface area contributed by atoms with Crippen LogP contribution in [0.4, 0.5) is 11.6 Å². The van der Waals surface area contributed by atoms with Gasteiger partial charge >= 0.3 is 0 Å². The van der Waals surface area contributed by atoms with Crippen LogP contribution in [0.1, 0.15) is 25.5 Å². The number of likely N-dealkylation sites (N-methyl/N-ethyl adjacent to an activating group) is 1. The molecule has 3 aromatic heterocycles. The number of allylic oxidation sites excluding steroid dienone is 2. The number of anilines is 2. The molecule has 10 nitrogen and oxygen atoms in total. The molecule has 4 heterocycles. The lowest BCUT2D eigenvalue weighted by atomic mass is 9.95. The molecule has 0 amide bonds. The third-order valence-corrected chi connectivity index (χ3v) is 6.34. The van der Waals surface area contributed by atoms with Gasteiger partial charge in [0.05, 0.1) is 12.2 Å². The highest BCUT2D eigenvalue weighted by atomic mass is 16.5. The number of nitrogens with zero attached hydrogens (tertiary/aromatic N) is 6. The topological polar surface area (TPSA) is 110 Å². The normalized spacial score (nSPS) is 18.3. The van der Waals surface area contributed by atoms with E-state index in [1.54, 1.807) is 28.4 Å². The highest BCUT2D eigenvalue weighted by Crippen LogP contribution is 2.27. The first kappa shape index (κ1) is 24.7. The van der Waals surface area contributed by atoms with E-state index < -0.39 is 5.60 Å². The number of hydrogen-bond acceptors (Lipinski definition) is 8. The molecule has 0 saturated carbocycles. The van der Waals surface area contributed by atoms with E-state index in [0.29, 0.717) is 54.5 Å². The smallest absolute Gasteiger partial charge is 0.278 e. The number of benzene rings is 1. The molecule has 0 aliphatic carbocycles. The molecule has 1 atom stereocenters. The van der Waals surface area contributed by atoms with Crippen LogP contribution in [0.25, 0.3) is 16.9 Å². The summed E-state index contributed by atoms with van der Waals surface area (Å²) in [6, 6.07) is 13.0. The summed E-state index contributed by atoms with van der Waals surface area (Å²) < 4.78 is 9.04. The predicted octanol–water partition coefficient (Wildman–Crippen LogP) is 3.22. The van der Waals surface area contributed by atoms with Crippen LogP contribution in [0.2, 0.25) is 0 Å². The van der Waals surface area contributed by atoms with Gasteiger partial charge in [-0.1, -0.05) is 18.2 Å². The molecule has 0 radical (unpaired) electrons. The predicted molar refractivity (Wildman–Crippen MR) is 143 cm³/mol. The Bertz CT molecular complexity index is 1490. The minimum atomic E-state index is -1.09. The monoisotopic (exact) mass is 501 g/mol. The summed E-state index contributed by atoms with van der Waals surface area (Å²) in [4.78, 5) is 29.2. The number of nitrogens with one attached hydrogen (secondary N) is 1. The fraction of sp³-hybridized carbons (Fsp3) is 0.333. The summed E-state index contributed by atoms with van der Waals surface area (Å²) in [5.74, 6) is 1.63. The van der Waals surface area contributed by atoms with Crippen molar-refractivity contribution in [3.63, 3.8) is 0 Å². The van der Waals surface area contributed by atoms with Crippen molar-refractivity contribution < 1.29 is 9.84 Å². The van der Waals surface area contributed by atoms with Crippen LogP contribution >= 0.6 is 0 Å². The van der Waals surface area contributed by atoms with E-state index in [1.165, 1.54) is 6.20 Å². The molecule has 5 rings (SSSR count). The van der Waals surface area contributed by atoms with Gasteiger partial charge in [0.25, 0.3) is 5.56 Å². The van der Waals surface area contributed by atoms with Crippen LogP contribution in [-0.4, -0.2) is 61.6 Å². The maximum absolute atomic E-state index is 13.3. The van der Waals surface area contributed by atoms with Crippen molar-refractivity contribution >= 4 is 22.7 Å². The molecule has 37 heavy (non-hydrogen) atoms. The Morgan fingerprint density at radius 2 is 1.95 bits per heavy atom. The van der Waals surface area contributed by atoms with E-state index in [-0.39, 0.29) is 5.56 Å². The molecular formula is C27H31N7O3. The first-order valence-electron chi connectivity index (χ1n) is 12.3. The van der Waals surface area contributed by atoms with Gasteiger partial charge in [0.2, 0.25) is 5.95 Å². The van der Waals surface area contributed by atoms with Crippen LogP contribution in [0.5, 0.6) is 5.75 Å². The Morgan fingerprint density at radius 3 is 2.73 bits per heavy atom. The van der Waals surface area contributed by atoms with Gasteiger partial charge < -0.3 is 20.1 Å². The molecule has 0 saturated heterocycles. The quantitative estimate of drug-likeness (QED) is 0.388. The molecular weight excluding hydrogens is 470 g/mol. The first-order valence-corrected chi connectivity index (χ1v) is 12.3. The van der Waals surface area contributed by atoms with Gasteiger partial charge in [0.1, 0.15) is 23.3 Å². The Morgan fingerprint density at radius 1 is 1.14 bits per heavy atom. The number of aromatic nitrogens is 5. The second kappa shape index (κ2) is 10.2. The fourth-order valence-corrected chi connectivity index (χ4v) is 4.22. The molecule has 0 fully saturated rings. The third kappa shape index (κ3) is 5.25. The van der Waals surface area contributed by atoms with Crippen LogP contribution in [0.3, 0.4) is 0 Å². The molecule has 1 aromatic carbocycles. The average Bonchev–Trinajstić information content (AvgIpc) is 3.14. The van der Waals surface area contributed by atoms with Crippen LogP contribution in [-0.2, 0) is 12.1 Å². The zero-order valence-corrected chi connectivity index (χ0v) is 21.3. The van der Waals surface area contributed by atoms with Crippen LogP contribution in [0.15, 0.2) is 65.6 Å². The Balaban J connectivity index is 1.51. The highest BCUT2D eigenvalue weighted by Gasteiger charge is 2.26. The maximum atomic E-state index is 13.3. The van der Waals surface area contributed by atoms with Crippen molar-refractivity contribution in [3.8, 4) is 11.6 Å². The van der Waals surface area contributed by atoms with E-state index >= 15 is 0 Å². The van der Waals surface area contributed by atoms with E-state index in [2.05, 4.69) is 15.2 Å². The summed E-state index contributed by atoms with van der Waals surface area (Å²) in [5.41, 5.74) is 0.466. The van der Waals surface area contributed by atoms with Gasteiger partial charge in [-0.25, -0.2) is 19.3 Å². The zero-order chi connectivity index (χ0) is 26.0. The standard InChI is InChI=1S/C27H31N7O3/c1-27(36)14-5-4-6-15-33-25(35)21-18-28-26(31-24(21)34(33)23-9-7-8-22(27)30-23)29-19-10-12-20(13-11-19)37-17-16-32(2)3/h4,6-13,18,36H,5,14-17H2,1-3H3,(H,28,29,31)/b6-4-/t27-/m1/s1. The lowest BCUT2D eigenvalue weighted by Crippen LogP contribution is -2.24. The van der Waals surface area contributed by atoms with Gasteiger partial charge in [-0.2, -0.15) is 4.98 Å². The number of pyridine rings is 1. The SMILES string of the molecule is CN(C)CCOc1ccc(Nc2ncc3c(=O)n4n(c3n2)-c2cccc(n2)[C@](C)(O)CC/C=C\C4)cc1. The van der Waals surface area contributed by atoms with E-state index in [1.807, 2.05) is 56.6 Å². The molecule has 4 aromatic rings. The number of rotatable bonds is 6. The Kier molecular flexibility index (Phi) is 6.77. The average molecular weight is 502 g/mol. The van der Waals surface area contributed by atoms with E-state index in [4.69, 9.17) is 14.7 Å². The summed E-state index contributed by atoms with van der Waals surface area (Å²) >= 11 is 0. The van der Waals surface area contributed by atoms with E-state index in [9.17, 15) is 9.90 Å². The minimum absolute atomic E-state index is 0.205. The Labute approximate surface area is 214 Å². The number of hydrogen-bond donors (Lipinski definition) is 2. The van der Waals surface area contributed by atoms with Gasteiger partial charge in [-0.3, -0.25) is 4.79 Å². The molecule has 10 heteroatoms. The van der Waals surface area contributed by atoms with Crippen LogP contribution in [0, 0.1) is 0 Å². The van der Waals surface area contributed by atoms with Crippen molar-refractivity contribution in [1.29, 1.82) is 0 Å². The number of aliphatic hydroxyl groups is 1. The van der Waals surface area contributed by atoms with Crippen LogP contribution < -0.4 is 15.6 Å². The maximum Gasteiger partial charge on any atom is 0.278 e. The molecule has 2 bridgehead atoms. The minimum Gasteiger partial charge on any atom is -0.492 e. The number of ether oxygens (including phenoxy) is 1. The lowest BCUT2D eigenvalue weighted by molar-refractivity contribution is 0.0443. The van der Waals surface area contributed by atoms with Crippen molar-refractivity contribution in [1.82, 2.24) is 29.2 Å². The fourth-order valence-electron chi connectivity index (χ4n) is 4.22. The van der Waals surface area contributed by atoms with Crippen molar-refractivity contribution in [2.24, 2.45) is 0 Å². The molecule has 0 spiro atoms. The molecule has 0 unspecified atom stereocenters. The summed E-state index contributed by atoms with van der Waals surface area (Å²) in [6.45, 7) is 3.55. The third-order valence-electron chi connectivity index (χ3n) is 6.34. The summed E-state index contributed by atoms with van der Waals surface area (Å²) in [5, 5.41) is 14.6. The lowest BCUT2D eigenvalue weighted by Gasteiger charge is -2.22. The van der Waals surface area contributed by atoms with Gasteiger partial charge in [-0.15, -0.1) is 0 Å². The summed E-state index contributed by atoms with van der Waals surface area (Å²) in [6.07, 6.45) is 6.63. The van der Waals surface area contributed by atoms with Gasteiger partial charge in [-0.05, 0) is 70.3 Å². The molecule has 192 valence electrons.